The number of aromatic nitrogens is 8. The molecule has 0 aliphatic rings. The van der Waals surface area contributed by atoms with Crippen molar-refractivity contribution in [2.75, 3.05) is 0 Å². The van der Waals surface area contributed by atoms with Gasteiger partial charge in [-0.1, -0.05) is 0 Å². The minimum atomic E-state index is -4.02. The summed E-state index contributed by atoms with van der Waals surface area (Å²) in [5.41, 5.74) is 0. The van der Waals surface area contributed by atoms with E-state index in [4.69, 9.17) is 0 Å². The zero-order chi connectivity index (χ0) is 16.3. The lowest BCUT2D eigenvalue weighted by Crippen LogP contribution is -2.51. The molecule has 17 heteroatoms. The van der Waals surface area contributed by atoms with Crippen molar-refractivity contribution >= 4 is 0 Å². The number of nitro groups is 3. The molecule has 2 heterocycles. The third-order valence-electron chi connectivity index (χ3n) is 2.15. The predicted octanol–water partition coefficient (Wildman–Crippen LogP) is -2.55. The first kappa shape index (κ1) is 14.5. The van der Waals surface area contributed by atoms with Crippen LogP contribution in [0, 0.1) is 30.3 Å². The lowest BCUT2D eigenvalue weighted by molar-refractivity contribution is -0.987. The molecule has 0 fully saturated rings. The lowest BCUT2D eigenvalue weighted by atomic mass is 10.3. The fraction of sp³-hybridized carbons (Fsp3) is 0.200. The number of hydrogen-bond donors (Lipinski definition) is 0. The molecule has 0 saturated carbocycles. The summed E-state index contributed by atoms with van der Waals surface area (Å²) in [5, 5.41) is 58.4. The Morgan fingerprint density at radius 3 is 1.55 bits per heavy atom. The minimum Gasteiger partial charge on any atom is -0.252 e. The maximum absolute atomic E-state index is 10.8. The molecule has 0 N–H and O–H groups in total. The standard InChI is InChI=1S/C5HN11O6/c17-14(18)5(15(19)20,16(21)22)4-12-10-3(11-13-4)2-8-6-1-7-9-2/h1H. The molecular formula is C5HN11O6. The molecule has 22 heavy (non-hydrogen) atoms. The molecule has 0 unspecified atom stereocenters. The van der Waals surface area contributed by atoms with Gasteiger partial charge in [0.05, 0.1) is 0 Å². The Balaban J connectivity index is 2.54. The second-order valence-electron chi connectivity index (χ2n) is 3.32. The fourth-order valence-corrected chi connectivity index (χ4v) is 1.19. The highest BCUT2D eigenvalue weighted by Crippen LogP contribution is 2.22. The quantitative estimate of drug-likeness (QED) is 0.314. The van der Waals surface area contributed by atoms with Gasteiger partial charge in [0.2, 0.25) is 11.6 Å². The van der Waals surface area contributed by atoms with E-state index < -0.39 is 32.2 Å². The smallest absolute Gasteiger partial charge is 0.252 e. The Bertz CT molecular complexity index is 696. The van der Waals surface area contributed by atoms with E-state index in [1.165, 1.54) is 0 Å². The molecule has 2 rings (SSSR count). The molecule has 0 spiro atoms. The largest absolute Gasteiger partial charge is 0.766 e. The van der Waals surface area contributed by atoms with Crippen molar-refractivity contribution in [2.24, 2.45) is 0 Å². The molecule has 0 aromatic carbocycles. The summed E-state index contributed by atoms with van der Waals surface area (Å²) in [4.78, 5) is 27.1. The Morgan fingerprint density at radius 2 is 1.14 bits per heavy atom. The van der Waals surface area contributed by atoms with E-state index in [2.05, 4.69) is 40.8 Å². The molecule has 0 amide bonds. The number of nitrogens with zero attached hydrogens (tertiary/aromatic N) is 11. The summed E-state index contributed by atoms with van der Waals surface area (Å²) in [6.07, 6.45) is 0.982. The van der Waals surface area contributed by atoms with E-state index in [0.717, 1.165) is 6.33 Å². The van der Waals surface area contributed by atoms with Gasteiger partial charge in [-0.15, -0.1) is 40.8 Å². The Hall–Kier alpha value is -3.92. The van der Waals surface area contributed by atoms with Crippen LogP contribution in [-0.4, -0.2) is 55.6 Å². The van der Waals surface area contributed by atoms with Gasteiger partial charge in [-0.2, -0.15) is 0 Å². The van der Waals surface area contributed by atoms with Gasteiger partial charge in [-0.3, -0.25) is 30.3 Å². The fourth-order valence-electron chi connectivity index (χ4n) is 1.19. The SMILES string of the molecule is O=[N+]([O-])C(c1nnc(-c2nncnn2)nn1)([N+](=O)[O-])[N+](=O)[O-]. The minimum absolute atomic E-state index is 0.289. The van der Waals surface area contributed by atoms with Crippen molar-refractivity contribution in [3.8, 4) is 11.6 Å². The van der Waals surface area contributed by atoms with Crippen molar-refractivity contribution in [3.05, 3.63) is 42.5 Å². The van der Waals surface area contributed by atoms with Gasteiger partial charge in [0.1, 0.15) is 0 Å². The summed E-state index contributed by atoms with van der Waals surface area (Å²) in [6, 6.07) is 0. The van der Waals surface area contributed by atoms with Crippen molar-refractivity contribution in [3.63, 3.8) is 0 Å². The summed E-state index contributed by atoms with van der Waals surface area (Å²) >= 11 is 0. The first-order chi connectivity index (χ1) is 10.4. The molecule has 0 aliphatic heterocycles. The second kappa shape index (κ2) is 5.22. The van der Waals surface area contributed by atoms with E-state index in [0.29, 0.717) is 0 Å². The molecule has 0 aliphatic carbocycles. The van der Waals surface area contributed by atoms with Crippen LogP contribution in [0.25, 0.3) is 11.6 Å². The highest BCUT2D eigenvalue weighted by Gasteiger charge is 2.76. The molecule has 112 valence electrons. The third kappa shape index (κ3) is 2.07. The monoisotopic (exact) mass is 311 g/mol. The van der Waals surface area contributed by atoms with Gasteiger partial charge in [0.15, 0.2) is 21.1 Å². The zero-order valence-electron chi connectivity index (χ0n) is 9.95. The van der Waals surface area contributed by atoms with E-state index in [1.807, 2.05) is 0 Å². The van der Waals surface area contributed by atoms with Crippen LogP contribution < -0.4 is 0 Å². The average molecular weight is 311 g/mol. The van der Waals surface area contributed by atoms with Gasteiger partial charge in [-0.05, 0) is 0 Å². The van der Waals surface area contributed by atoms with Crippen LogP contribution in [0.3, 0.4) is 0 Å². The molecule has 2 aromatic heterocycles. The molecular weight excluding hydrogens is 310 g/mol. The topological polar surface area (TPSA) is 233 Å². The number of rotatable bonds is 5. The normalized spacial score (nSPS) is 10.9. The van der Waals surface area contributed by atoms with E-state index in [9.17, 15) is 30.3 Å². The highest BCUT2D eigenvalue weighted by molar-refractivity contribution is 5.37. The molecule has 0 bridgehead atoms. The summed E-state index contributed by atoms with van der Waals surface area (Å²) in [5.74, 6) is -6.18. The molecule has 0 radical (unpaired) electrons. The van der Waals surface area contributed by atoms with Gasteiger partial charge in [-0.25, -0.2) is 0 Å². The van der Waals surface area contributed by atoms with Crippen LogP contribution in [-0.2, 0) is 5.79 Å². The molecule has 17 nitrogen and oxygen atoms in total. The van der Waals surface area contributed by atoms with Crippen LogP contribution in [0.4, 0.5) is 0 Å². The van der Waals surface area contributed by atoms with Crippen LogP contribution in [0.15, 0.2) is 6.33 Å². The van der Waals surface area contributed by atoms with E-state index in [1.54, 1.807) is 0 Å². The predicted molar refractivity (Wildman–Crippen MR) is 56.9 cm³/mol. The van der Waals surface area contributed by atoms with Gasteiger partial charge >= 0.3 is 11.6 Å². The summed E-state index contributed by atoms with van der Waals surface area (Å²) in [7, 11) is 0. The van der Waals surface area contributed by atoms with E-state index >= 15 is 0 Å². The highest BCUT2D eigenvalue weighted by atomic mass is 16.7. The first-order valence-corrected chi connectivity index (χ1v) is 4.92. The Kier molecular flexibility index (Phi) is 3.44. The van der Waals surface area contributed by atoms with Crippen LogP contribution in [0.5, 0.6) is 0 Å². The van der Waals surface area contributed by atoms with E-state index in [-0.39, 0.29) is 5.82 Å². The third-order valence-corrected chi connectivity index (χ3v) is 2.15. The second-order valence-corrected chi connectivity index (χ2v) is 3.32. The van der Waals surface area contributed by atoms with Crippen LogP contribution in [0.2, 0.25) is 0 Å². The average Bonchev–Trinajstić information content (AvgIpc) is 2.48. The van der Waals surface area contributed by atoms with Crippen LogP contribution >= 0.6 is 0 Å². The lowest BCUT2D eigenvalue weighted by Gasteiger charge is -2.05. The first-order valence-electron chi connectivity index (χ1n) is 4.92. The Labute approximate surface area is 116 Å². The zero-order valence-corrected chi connectivity index (χ0v) is 9.95. The van der Waals surface area contributed by atoms with Gasteiger partial charge in [0, 0.05) is 0 Å². The summed E-state index contributed by atoms with van der Waals surface area (Å²) in [6.45, 7) is 0. The maximum atomic E-state index is 10.8. The Morgan fingerprint density at radius 1 is 0.727 bits per heavy atom. The molecule has 0 atom stereocenters. The van der Waals surface area contributed by atoms with Crippen molar-refractivity contribution < 1.29 is 14.8 Å². The number of hydrogen-bond acceptors (Lipinski definition) is 14. The maximum Gasteiger partial charge on any atom is 0.766 e. The summed E-state index contributed by atoms with van der Waals surface area (Å²) < 4.78 is 0. The van der Waals surface area contributed by atoms with Crippen molar-refractivity contribution in [2.45, 2.75) is 5.79 Å². The van der Waals surface area contributed by atoms with Crippen molar-refractivity contribution in [1.82, 2.24) is 40.8 Å². The molecule has 2 aromatic rings. The van der Waals surface area contributed by atoms with Gasteiger partial charge in [0.25, 0.3) is 0 Å². The molecule has 0 saturated heterocycles. The van der Waals surface area contributed by atoms with Crippen LogP contribution in [0.1, 0.15) is 5.82 Å². The van der Waals surface area contributed by atoms with Crippen molar-refractivity contribution in [1.29, 1.82) is 0 Å². The van der Waals surface area contributed by atoms with Gasteiger partial charge < -0.3 is 0 Å².